The molecule has 1 heterocycles. The summed E-state index contributed by atoms with van der Waals surface area (Å²) in [4.78, 5) is 4.48. The Morgan fingerprint density at radius 3 is 2.56 bits per heavy atom. The molecule has 4 heteroatoms. The van der Waals surface area contributed by atoms with Crippen LogP contribution in [0.2, 0.25) is 0 Å². The number of imidazole rings is 1. The number of aryl methyl sites for hydroxylation is 1. The molecule has 0 saturated heterocycles. The second kappa shape index (κ2) is 5.36. The highest BCUT2D eigenvalue weighted by molar-refractivity contribution is 9.10. The number of nitriles is 1. The van der Waals surface area contributed by atoms with Crippen LogP contribution >= 0.6 is 15.9 Å². The minimum absolute atomic E-state index is 0.358. The van der Waals surface area contributed by atoms with Crippen molar-refractivity contribution in [3.05, 3.63) is 40.1 Å². The maximum Gasteiger partial charge on any atom is 0.141 e. The fourth-order valence-corrected chi connectivity index (χ4v) is 2.49. The minimum atomic E-state index is 0.358. The van der Waals surface area contributed by atoms with Gasteiger partial charge in [-0.3, -0.25) is 0 Å². The number of hydrogen-bond acceptors (Lipinski definition) is 2. The third kappa shape index (κ3) is 2.32. The highest BCUT2D eigenvalue weighted by atomic mass is 79.9. The lowest BCUT2D eigenvalue weighted by Gasteiger charge is -2.04. The monoisotopic (exact) mass is 303 g/mol. The molecule has 18 heavy (non-hydrogen) atoms. The molecule has 0 atom stereocenters. The van der Waals surface area contributed by atoms with Gasteiger partial charge < -0.3 is 4.57 Å². The molecule has 0 bridgehead atoms. The first-order valence-electron chi connectivity index (χ1n) is 5.84. The molecule has 0 fully saturated rings. The molecule has 2 aromatic rings. The zero-order valence-electron chi connectivity index (χ0n) is 10.4. The first kappa shape index (κ1) is 12.8. The van der Waals surface area contributed by atoms with Crippen LogP contribution in [0, 0.1) is 11.3 Å². The Balaban J connectivity index is 2.44. The van der Waals surface area contributed by atoms with E-state index in [0.29, 0.717) is 6.42 Å². The summed E-state index contributed by atoms with van der Waals surface area (Å²) in [5.74, 6) is 0.884. The van der Waals surface area contributed by atoms with Gasteiger partial charge in [0, 0.05) is 12.6 Å². The Morgan fingerprint density at radius 1 is 1.33 bits per heavy atom. The van der Waals surface area contributed by atoms with Crippen LogP contribution in [-0.4, -0.2) is 9.55 Å². The summed E-state index contributed by atoms with van der Waals surface area (Å²) in [5.41, 5.74) is 3.29. The molecule has 0 amide bonds. The van der Waals surface area contributed by atoms with Gasteiger partial charge in [0.15, 0.2) is 0 Å². The Labute approximate surface area is 115 Å². The molecule has 0 spiro atoms. The van der Waals surface area contributed by atoms with Crippen molar-refractivity contribution in [2.75, 3.05) is 0 Å². The van der Waals surface area contributed by atoms with Crippen LogP contribution in [0.1, 0.15) is 18.2 Å². The van der Waals surface area contributed by atoms with Crippen LogP contribution in [0.4, 0.5) is 0 Å². The van der Waals surface area contributed by atoms with E-state index in [4.69, 9.17) is 5.26 Å². The predicted molar refractivity (Wildman–Crippen MR) is 75.0 cm³/mol. The maximum atomic E-state index is 8.80. The quantitative estimate of drug-likeness (QED) is 0.871. The number of nitrogens with zero attached hydrogens (tertiary/aromatic N) is 3. The normalized spacial score (nSPS) is 10.3. The molecule has 3 nitrogen and oxygen atoms in total. The number of aromatic nitrogens is 2. The Hall–Kier alpha value is -1.60. The van der Waals surface area contributed by atoms with Crippen molar-refractivity contribution >= 4 is 15.9 Å². The lowest BCUT2D eigenvalue weighted by atomic mass is 10.1. The zero-order chi connectivity index (χ0) is 13.1. The average Bonchev–Trinajstić information content (AvgIpc) is 2.67. The first-order valence-corrected chi connectivity index (χ1v) is 6.64. The summed E-state index contributed by atoms with van der Waals surface area (Å²) >= 11 is 3.41. The average molecular weight is 304 g/mol. The van der Waals surface area contributed by atoms with E-state index in [-0.39, 0.29) is 0 Å². The summed E-state index contributed by atoms with van der Waals surface area (Å²) in [6.07, 6.45) is 1.39. The Morgan fingerprint density at radius 2 is 2.00 bits per heavy atom. The van der Waals surface area contributed by atoms with E-state index in [0.717, 1.165) is 28.1 Å². The molecule has 0 N–H and O–H groups in total. The van der Waals surface area contributed by atoms with Gasteiger partial charge in [0.2, 0.25) is 0 Å². The number of hydrogen-bond donors (Lipinski definition) is 0. The zero-order valence-corrected chi connectivity index (χ0v) is 12.0. The summed E-state index contributed by atoms with van der Waals surface area (Å²) < 4.78 is 2.72. The molecule has 92 valence electrons. The minimum Gasteiger partial charge on any atom is -0.329 e. The van der Waals surface area contributed by atoms with E-state index < -0.39 is 0 Å². The molecule has 0 radical (unpaired) electrons. The van der Waals surface area contributed by atoms with Crippen molar-refractivity contribution in [2.24, 2.45) is 7.05 Å². The molecule has 1 aromatic heterocycles. The SMILES string of the molecule is CCc1ccc(-c2nc(Br)c(CC#N)n2C)cc1. The summed E-state index contributed by atoms with van der Waals surface area (Å²) in [6.45, 7) is 2.14. The van der Waals surface area contributed by atoms with Gasteiger partial charge in [0.25, 0.3) is 0 Å². The largest absolute Gasteiger partial charge is 0.329 e. The van der Waals surface area contributed by atoms with Gasteiger partial charge in [-0.05, 0) is 27.9 Å². The highest BCUT2D eigenvalue weighted by Gasteiger charge is 2.13. The van der Waals surface area contributed by atoms with Crippen molar-refractivity contribution in [2.45, 2.75) is 19.8 Å². The standard InChI is InChI=1S/C14H14BrN3/c1-3-10-4-6-11(7-5-10)14-17-13(15)12(8-9-16)18(14)2/h4-7H,3,8H2,1-2H3. The lowest BCUT2D eigenvalue weighted by Crippen LogP contribution is -1.98. The molecule has 0 aliphatic carbocycles. The van der Waals surface area contributed by atoms with E-state index in [1.807, 2.05) is 11.6 Å². The molecular formula is C14H14BrN3. The maximum absolute atomic E-state index is 8.80. The molecule has 0 aliphatic heterocycles. The summed E-state index contributed by atoms with van der Waals surface area (Å²) in [5, 5.41) is 8.80. The van der Waals surface area contributed by atoms with Crippen LogP contribution in [0.25, 0.3) is 11.4 Å². The van der Waals surface area contributed by atoms with Crippen molar-refractivity contribution in [1.82, 2.24) is 9.55 Å². The van der Waals surface area contributed by atoms with Crippen molar-refractivity contribution in [3.63, 3.8) is 0 Å². The van der Waals surface area contributed by atoms with E-state index in [9.17, 15) is 0 Å². The molecule has 0 unspecified atom stereocenters. The number of rotatable bonds is 3. The van der Waals surface area contributed by atoms with E-state index in [1.165, 1.54) is 5.56 Å². The van der Waals surface area contributed by atoms with Crippen molar-refractivity contribution in [3.8, 4) is 17.5 Å². The van der Waals surface area contributed by atoms with Crippen LogP contribution in [0.15, 0.2) is 28.9 Å². The smallest absolute Gasteiger partial charge is 0.141 e. The van der Waals surface area contributed by atoms with Crippen LogP contribution in [-0.2, 0) is 19.9 Å². The molecule has 0 saturated carbocycles. The second-order valence-electron chi connectivity index (χ2n) is 4.12. The lowest BCUT2D eigenvalue weighted by molar-refractivity contribution is 0.861. The highest BCUT2D eigenvalue weighted by Crippen LogP contribution is 2.25. The van der Waals surface area contributed by atoms with Gasteiger partial charge in [-0.25, -0.2) is 4.98 Å². The third-order valence-corrected chi connectivity index (χ3v) is 3.67. The molecule has 2 rings (SSSR count). The van der Waals surface area contributed by atoms with Gasteiger partial charge in [0.1, 0.15) is 10.4 Å². The predicted octanol–water partition coefficient (Wildman–Crippen LogP) is 3.48. The van der Waals surface area contributed by atoms with Crippen LogP contribution in [0.3, 0.4) is 0 Å². The van der Waals surface area contributed by atoms with Crippen molar-refractivity contribution < 1.29 is 0 Å². The number of halogens is 1. The Kier molecular flexibility index (Phi) is 3.83. The van der Waals surface area contributed by atoms with Gasteiger partial charge in [0.05, 0.1) is 18.2 Å². The summed E-state index contributed by atoms with van der Waals surface area (Å²) in [6, 6.07) is 10.5. The number of benzene rings is 1. The van der Waals surface area contributed by atoms with Gasteiger partial charge >= 0.3 is 0 Å². The fraction of sp³-hybridized carbons (Fsp3) is 0.286. The van der Waals surface area contributed by atoms with E-state index >= 15 is 0 Å². The van der Waals surface area contributed by atoms with Gasteiger partial charge in [-0.2, -0.15) is 5.26 Å². The van der Waals surface area contributed by atoms with E-state index in [2.05, 4.69) is 58.2 Å². The fourth-order valence-electron chi connectivity index (χ4n) is 1.91. The van der Waals surface area contributed by atoms with Gasteiger partial charge in [-0.15, -0.1) is 0 Å². The van der Waals surface area contributed by atoms with Crippen molar-refractivity contribution in [1.29, 1.82) is 5.26 Å². The van der Waals surface area contributed by atoms with E-state index in [1.54, 1.807) is 0 Å². The molecule has 0 aliphatic rings. The summed E-state index contributed by atoms with van der Waals surface area (Å²) in [7, 11) is 1.94. The van der Waals surface area contributed by atoms with Gasteiger partial charge in [-0.1, -0.05) is 31.2 Å². The van der Waals surface area contributed by atoms with Crippen LogP contribution in [0.5, 0.6) is 0 Å². The molecule has 1 aromatic carbocycles. The molecular weight excluding hydrogens is 290 g/mol. The Bertz CT molecular complexity index is 591. The second-order valence-corrected chi connectivity index (χ2v) is 4.87. The topological polar surface area (TPSA) is 41.6 Å². The van der Waals surface area contributed by atoms with Crippen LogP contribution < -0.4 is 0 Å². The third-order valence-electron chi connectivity index (χ3n) is 3.03. The first-order chi connectivity index (χ1) is 8.67.